The molecule has 1 aromatic rings. The van der Waals surface area contributed by atoms with Crippen LogP contribution in [0.4, 0.5) is 0 Å². The van der Waals surface area contributed by atoms with Gasteiger partial charge in [-0.2, -0.15) is 0 Å². The Bertz CT molecular complexity index is 386. The lowest BCUT2D eigenvalue weighted by Gasteiger charge is -2.36. The Morgan fingerprint density at radius 1 is 1.18 bits per heavy atom. The maximum atomic E-state index is 10.8. The van der Waals surface area contributed by atoms with Crippen LogP contribution in [-0.2, 0) is 10.3 Å². The Kier molecular flexibility index (Phi) is 2.60. The molecule has 2 bridgehead atoms. The number of hydrogen-bond donors (Lipinski definition) is 1. The first-order chi connectivity index (χ1) is 8.19. The smallest absolute Gasteiger partial charge is 0.118 e. The molecule has 92 valence electrons. The third-order valence-corrected chi connectivity index (χ3v) is 3.95. The van der Waals surface area contributed by atoms with Crippen LogP contribution in [0.3, 0.4) is 0 Å². The normalized spacial score (nSPS) is 35.9. The summed E-state index contributed by atoms with van der Waals surface area (Å²) < 4.78 is 10.9. The molecule has 2 aliphatic heterocycles. The van der Waals surface area contributed by atoms with E-state index in [2.05, 4.69) is 0 Å². The van der Waals surface area contributed by atoms with Crippen molar-refractivity contribution in [1.29, 1.82) is 0 Å². The van der Waals surface area contributed by atoms with Crippen LogP contribution in [0.2, 0.25) is 0 Å². The van der Waals surface area contributed by atoms with Gasteiger partial charge in [0.25, 0.3) is 0 Å². The van der Waals surface area contributed by atoms with E-state index < -0.39 is 5.60 Å². The molecule has 2 unspecified atom stereocenters. The van der Waals surface area contributed by atoms with Crippen molar-refractivity contribution in [2.24, 2.45) is 0 Å². The van der Waals surface area contributed by atoms with Crippen molar-refractivity contribution in [2.75, 3.05) is 7.11 Å². The Hall–Kier alpha value is -1.06. The fraction of sp³-hybridized carbons (Fsp3) is 0.571. The van der Waals surface area contributed by atoms with Crippen LogP contribution in [-0.4, -0.2) is 24.4 Å². The van der Waals surface area contributed by atoms with Crippen LogP contribution in [0.1, 0.15) is 31.2 Å². The molecule has 17 heavy (non-hydrogen) atoms. The van der Waals surface area contributed by atoms with Gasteiger partial charge in [0, 0.05) is 12.8 Å². The number of ether oxygens (including phenoxy) is 2. The van der Waals surface area contributed by atoms with Crippen molar-refractivity contribution in [1.82, 2.24) is 0 Å². The van der Waals surface area contributed by atoms with Crippen LogP contribution in [0.25, 0.3) is 0 Å². The predicted octanol–water partition coefficient (Wildman–Crippen LogP) is 2.22. The summed E-state index contributed by atoms with van der Waals surface area (Å²) >= 11 is 0. The van der Waals surface area contributed by atoms with E-state index in [0.29, 0.717) is 0 Å². The summed E-state index contributed by atoms with van der Waals surface area (Å²) in [6, 6.07) is 7.74. The fourth-order valence-electron chi connectivity index (χ4n) is 3.05. The third kappa shape index (κ3) is 1.94. The highest BCUT2D eigenvalue weighted by atomic mass is 16.5. The zero-order valence-corrected chi connectivity index (χ0v) is 10.1. The first-order valence-corrected chi connectivity index (χ1v) is 6.22. The number of hydrogen-bond acceptors (Lipinski definition) is 3. The zero-order chi connectivity index (χ0) is 11.9. The van der Waals surface area contributed by atoms with Gasteiger partial charge in [-0.1, -0.05) is 12.1 Å². The molecule has 2 aliphatic rings. The highest BCUT2D eigenvalue weighted by Gasteiger charge is 2.44. The molecule has 1 N–H and O–H groups in total. The van der Waals surface area contributed by atoms with Gasteiger partial charge in [0.2, 0.25) is 0 Å². The van der Waals surface area contributed by atoms with Crippen molar-refractivity contribution in [2.45, 2.75) is 43.5 Å². The SMILES string of the molecule is COc1ccc(C2(O)CC3CCC(C2)O3)cc1. The summed E-state index contributed by atoms with van der Waals surface area (Å²) in [6.45, 7) is 0. The number of aliphatic hydroxyl groups is 1. The Balaban J connectivity index is 1.86. The molecule has 0 aromatic heterocycles. The topological polar surface area (TPSA) is 38.7 Å². The maximum Gasteiger partial charge on any atom is 0.118 e. The van der Waals surface area contributed by atoms with E-state index in [1.165, 1.54) is 0 Å². The molecule has 2 heterocycles. The molecule has 1 aromatic carbocycles. The molecule has 0 saturated carbocycles. The molecule has 3 nitrogen and oxygen atoms in total. The second-order valence-corrected chi connectivity index (χ2v) is 5.13. The summed E-state index contributed by atoms with van der Waals surface area (Å²) in [5.41, 5.74) is 0.273. The van der Waals surface area contributed by atoms with Gasteiger partial charge >= 0.3 is 0 Å². The van der Waals surface area contributed by atoms with Gasteiger partial charge in [0.15, 0.2) is 0 Å². The molecular weight excluding hydrogens is 216 g/mol. The van der Waals surface area contributed by atoms with Crippen molar-refractivity contribution >= 4 is 0 Å². The molecule has 0 spiro atoms. The van der Waals surface area contributed by atoms with Gasteiger partial charge in [-0.05, 0) is 30.5 Å². The molecule has 2 saturated heterocycles. The summed E-state index contributed by atoms with van der Waals surface area (Å²) in [7, 11) is 1.65. The molecular formula is C14H18O3. The van der Waals surface area contributed by atoms with Crippen molar-refractivity contribution < 1.29 is 14.6 Å². The van der Waals surface area contributed by atoms with Gasteiger partial charge in [-0.3, -0.25) is 0 Å². The van der Waals surface area contributed by atoms with Crippen molar-refractivity contribution in [3.05, 3.63) is 29.8 Å². The van der Waals surface area contributed by atoms with Gasteiger partial charge in [0.05, 0.1) is 24.9 Å². The van der Waals surface area contributed by atoms with Crippen molar-refractivity contribution in [3.8, 4) is 5.75 Å². The molecule has 2 atom stereocenters. The minimum absolute atomic E-state index is 0.237. The standard InChI is InChI=1S/C14H18O3/c1-16-11-4-2-10(3-5-11)14(15)8-12-6-7-13(9-14)17-12/h2-5,12-13,15H,6-9H2,1H3. The molecule has 2 fully saturated rings. The van der Waals surface area contributed by atoms with Crippen LogP contribution < -0.4 is 4.74 Å². The van der Waals surface area contributed by atoms with E-state index in [-0.39, 0.29) is 12.2 Å². The molecule has 0 amide bonds. The summed E-state index contributed by atoms with van der Waals surface area (Å²) in [5, 5.41) is 10.8. The number of benzene rings is 1. The minimum atomic E-state index is -0.712. The molecule has 0 radical (unpaired) electrons. The van der Waals surface area contributed by atoms with Gasteiger partial charge in [-0.15, -0.1) is 0 Å². The monoisotopic (exact) mass is 234 g/mol. The third-order valence-electron chi connectivity index (χ3n) is 3.95. The lowest BCUT2D eigenvalue weighted by Crippen LogP contribution is -2.38. The lowest BCUT2D eigenvalue weighted by atomic mass is 9.83. The highest BCUT2D eigenvalue weighted by molar-refractivity contribution is 5.31. The second-order valence-electron chi connectivity index (χ2n) is 5.13. The fourth-order valence-corrected chi connectivity index (χ4v) is 3.05. The van der Waals surface area contributed by atoms with E-state index in [1.807, 2.05) is 24.3 Å². The van der Waals surface area contributed by atoms with Crippen LogP contribution in [0.15, 0.2) is 24.3 Å². The van der Waals surface area contributed by atoms with Crippen LogP contribution in [0.5, 0.6) is 5.75 Å². The first kappa shape index (κ1) is 11.1. The molecule has 3 heteroatoms. The zero-order valence-electron chi connectivity index (χ0n) is 10.1. The van der Waals surface area contributed by atoms with Crippen LogP contribution in [0, 0.1) is 0 Å². The Morgan fingerprint density at radius 3 is 2.29 bits per heavy atom. The maximum absolute atomic E-state index is 10.8. The van der Waals surface area contributed by atoms with Gasteiger partial charge in [-0.25, -0.2) is 0 Å². The highest BCUT2D eigenvalue weighted by Crippen LogP contribution is 2.44. The Morgan fingerprint density at radius 2 is 1.76 bits per heavy atom. The van der Waals surface area contributed by atoms with Gasteiger partial charge < -0.3 is 14.6 Å². The summed E-state index contributed by atoms with van der Waals surface area (Å²) in [6.07, 6.45) is 4.08. The largest absolute Gasteiger partial charge is 0.497 e. The number of fused-ring (bicyclic) bond motifs is 2. The molecule has 0 aliphatic carbocycles. The van der Waals surface area contributed by atoms with E-state index in [0.717, 1.165) is 37.0 Å². The van der Waals surface area contributed by atoms with E-state index in [1.54, 1.807) is 7.11 Å². The lowest BCUT2D eigenvalue weighted by molar-refractivity contribution is -0.115. The average molecular weight is 234 g/mol. The van der Waals surface area contributed by atoms with E-state index >= 15 is 0 Å². The van der Waals surface area contributed by atoms with Crippen molar-refractivity contribution in [3.63, 3.8) is 0 Å². The number of rotatable bonds is 2. The van der Waals surface area contributed by atoms with E-state index in [4.69, 9.17) is 9.47 Å². The average Bonchev–Trinajstić information content (AvgIpc) is 2.69. The summed E-state index contributed by atoms with van der Waals surface area (Å²) in [5.74, 6) is 0.826. The van der Waals surface area contributed by atoms with Gasteiger partial charge in [0.1, 0.15) is 5.75 Å². The minimum Gasteiger partial charge on any atom is -0.497 e. The Labute approximate surface area is 101 Å². The van der Waals surface area contributed by atoms with Crippen LogP contribution >= 0.6 is 0 Å². The predicted molar refractivity (Wildman–Crippen MR) is 64.0 cm³/mol. The molecule has 3 rings (SSSR count). The summed E-state index contributed by atoms with van der Waals surface area (Å²) in [4.78, 5) is 0. The quantitative estimate of drug-likeness (QED) is 0.852. The van der Waals surface area contributed by atoms with E-state index in [9.17, 15) is 5.11 Å². The second kappa shape index (κ2) is 4.00. The number of methoxy groups -OCH3 is 1. The first-order valence-electron chi connectivity index (χ1n) is 6.22.